The smallest absolute Gasteiger partial charge is 0.119 e. The van der Waals surface area contributed by atoms with Crippen molar-refractivity contribution in [2.24, 2.45) is 0 Å². The van der Waals surface area contributed by atoms with Crippen LogP contribution >= 0.6 is 0 Å². The van der Waals surface area contributed by atoms with Gasteiger partial charge in [0.2, 0.25) is 0 Å². The zero-order valence-electron chi connectivity index (χ0n) is 16.5. The summed E-state index contributed by atoms with van der Waals surface area (Å²) in [4.78, 5) is 5.44. The Hall–Kier alpha value is -1.84. The fraction of sp³-hybridized carbons (Fsp3) is 0.500. The van der Waals surface area contributed by atoms with Crippen LogP contribution in [0, 0.1) is 0 Å². The van der Waals surface area contributed by atoms with E-state index in [1.54, 1.807) is 7.11 Å². The van der Waals surface area contributed by atoms with Crippen molar-refractivity contribution in [2.45, 2.75) is 44.2 Å². The van der Waals surface area contributed by atoms with Crippen molar-refractivity contribution in [3.63, 3.8) is 0 Å². The van der Waals surface area contributed by atoms with E-state index < -0.39 is 0 Å². The Balaban J connectivity index is 1.48. The second-order valence-electron chi connectivity index (χ2n) is 7.99. The van der Waals surface area contributed by atoms with Crippen LogP contribution in [0.4, 0.5) is 0 Å². The van der Waals surface area contributed by atoms with Crippen molar-refractivity contribution < 1.29 is 4.74 Å². The molecule has 1 saturated carbocycles. The average Bonchev–Trinajstić information content (AvgIpc) is 3.28. The molecule has 144 valence electrons. The molecule has 0 aromatic heterocycles. The zero-order chi connectivity index (χ0) is 18.5. The second kappa shape index (κ2) is 8.90. The number of ether oxygens (including phenoxy) is 1. The molecule has 1 unspecified atom stereocenters. The van der Waals surface area contributed by atoms with Gasteiger partial charge < -0.3 is 4.74 Å². The maximum Gasteiger partial charge on any atom is 0.119 e. The molecule has 1 aliphatic carbocycles. The van der Waals surface area contributed by atoms with E-state index in [1.165, 1.54) is 63.0 Å². The molecular weight excluding hydrogens is 332 g/mol. The summed E-state index contributed by atoms with van der Waals surface area (Å²) in [6.45, 7) is 4.76. The highest BCUT2D eigenvalue weighted by molar-refractivity contribution is 5.31. The first-order valence-corrected chi connectivity index (χ1v) is 10.5. The quantitative estimate of drug-likeness (QED) is 0.748. The van der Waals surface area contributed by atoms with Crippen LogP contribution in [0.25, 0.3) is 0 Å². The molecule has 0 amide bonds. The number of rotatable bonds is 6. The molecule has 1 heterocycles. The Morgan fingerprint density at radius 3 is 2.37 bits per heavy atom. The lowest BCUT2D eigenvalue weighted by atomic mass is 9.96. The number of piperazine rings is 1. The van der Waals surface area contributed by atoms with Gasteiger partial charge in [0.05, 0.1) is 7.11 Å². The van der Waals surface area contributed by atoms with E-state index in [0.29, 0.717) is 6.04 Å². The van der Waals surface area contributed by atoms with Gasteiger partial charge in [0.1, 0.15) is 5.75 Å². The topological polar surface area (TPSA) is 15.7 Å². The molecule has 1 saturated heterocycles. The molecule has 2 aromatic carbocycles. The second-order valence-corrected chi connectivity index (χ2v) is 7.99. The van der Waals surface area contributed by atoms with Crippen LogP contribution in [0.3, 0.4) is 0 Å². The predicted molar refractivity (Wildman–Crippen MR) is 111 cm³/mol. The minimum atomic E-state index is 0.434. The molecule has 2 aliphatic rings. The van der Waals surface area contributed by atoms with Gasteiger partial charge >= 0.3 is 0 Å². The largest absolute Gasteiger partial charge is 0.497 e. The normalized spacial score (nSPS) is 20.6. The molecule has 0 bridgehead atoms. The third-order valence-electron chi connectivity index (χ3n) is 6.38. The van der Waals surface area contributed by atoms with E-state index in [9.17, 15) is 0 Å². The van der Waals surface area contributed by atoms with Crippen molar-refractivity contribution >= 4 is 0 Å². The van der Waals surface area contributed by atoms with Crippen LogP contribution in [0.5, 0.6) is 5.75 Å². The third-order valence-corrected chi connectivity index (χ3v) is 6.38. The molecule has 2 fully saturated rings. The first-order chi connectivity index (χ1) is 13.3. The standard InChI is InChI=1S/C24H32N2O/c1-27-23-13-7-8-20(18-23)19-24(21-9-3-2-4-10-21)26-16-14-25(15-17-26)22-11-5-6-12-22/h2-4,7-10,13,18,22,24H,5-6,11-12,14-17,19H2,1H3. The first-order valence-electron chi connectivity index (χ1n) is 10.5. The monoisotopic (exact) mass is 364 g/mol. The van der Waals surface area contributed by atoms with Gasteiger partial charge in [-0.05, 0) is 42.5 Å². The third kappa shape index (κ3) is 4.53. The summed E-state index contributed by atoms with van der Waals surface area (Å²) < 4.78 is 5.44. The molecule has 0 N–H and O–H groups in total. The van der Waals surface area contributed by atoms with Crippen molar-refractivity contribution in [1.82, 2.24) is 9.80 Å². The van der Waals surface area contributed by atoms with Crippen molar-refractivity contribution in [3.8, 4) is 5.75 Å². The van der Waals surface area contributed by atoms with Gasteiger partial charge in [0.15, 0.2) is 0 Å². The minimum absolute atomic E-state index is 0.434. The van der Waals surface area contributed by atoms with Gasteiger partial charge in [0, 0.05) is 38.3 Å². The Morgan fingerprint density at radius 1 is 0.926 bits per heavy atom. The van der Waals surface area contributed by atoms with E-state index in [2.05, 4.69) is 58.3 Å². The molecule has 1 aliphatic heterocycles. The number of hydrogen-bond donors (Lipinski definition) is 0. The number of hydrogen-bond acceptors (Lipinski definition) is 3. The van der Waals surface area contributed by atoms with E-state index in [-0.39, 0.29) is 0 Å². The summed E-state index contributed by atoms with van der Waals surface area (Å²) in [6.07, 6.45) is 6.70. The highest BCUT2D eigenvalue weighted by Gasteiger charge is 2.29. The molecule has 0 spiro atoms. The number of nitrogens with zero attached hydrogens (tertiary/aromatic N) is 2. The summed E-state index contributed by atoms with van der Waals surface area (Å²) in [7, 11) is 1.75. The molecule has 3 heteroatoms. The summed E-state index contributed by atoms with van der Waals surface area (Å²) >= 11 is 0. The predicted octanol–water partition coefficient (Wildman–Crippen LogP) is 4.54. The van der Waals surface area contributed by atoms with Crippen LogP contribution in [-0.4, -0.2) is 49.1 Å². The van der Waals surface area contributed by atoms with Crippen molar-refractivity contribution in [3.05, 3.63) is 65.7 Å². The molecule has 4 rings (SSSR count). The molecule has 3 nitrogen and oxygen atoms in total. The lowest BCUT2D eigenvalue weighted by Gasteiger charge is -2.42. The van der Waals surface area contributed by atoms with Crippen LogP contribution in [0.1, 0.15) is 42.9 Å². The molecular formula is C24H32N2O. The maximum absolute atomic E-state index is 5.44. The number of methoxy groups -OCH3 is 1. The minimum Gasteiger partial charge on any atom is -0.497 e. The maximum atomic E-state index is 5.44. The van der Waals surface area contributed by atoms with Crippen molar-refractivity contribution in [1.29, 1.82) is 0 Å². The summed E-state index contributed by atoms with van der Waals surface area (Å²) in [5.41, 5.74) is 2.77. The SMILES string of the molecule is COc1cccc(CC(c2ccccc2)N2CCN(C3CCCC3)CC2)c1. The Kier molecular flexibility index (Phi) is 6.10. The van der Waals surface area contributed by atoms with Crippen LogP contribution < -0.4 is 4.74 Å². The lowest BCUT2D eigenvalue weighted by Crippen LogP contribution is -2.50. The lowest BCUT2D eigenvalue weighted by molar-refractivity contribution is 0.0698. The fourth-order valence-electron chi connectivity index (χ4n) is 4.84. The van der Waals surface area contributed by atoms with Crippen LogP contribution in [-0.2, 0) is 6.42 Å². The molecule has 1 atom stereocenters. The van der Waals surface area contributed by atoms with Gasteiger partial charge in [-0.1, -0.05) is 55.3 Å². The van der Waals surface area contributed by atoms with Gasteiger partial charge in [-0.2, -0.15) is 0 Å². The van der Waals surface area contributed by atoms with Gasteiger partial charge in [-0.15, -0.1) is 0 Å². The molecule has 0 radical (unpaired) electrons. The van der Waals surface area contributed by atoms with E-state index in [1.807, 2.05) is 6.07 Å². The summed E-state index contributed by atoms with van der Waals surface area (Å²) in [5.74, 6) is 0.949. The van der Waals surface area contributed by atoms with Crippen molar-refractivity contribution in [2.75, 3.05) is 33.3 Å². The summed E-state index contributed by atoms with van der Waals surface area (Å²) in [5, 5.41) is 0. The molecule has 27 heavy (non-hydrogen) atoms. The number of benzene rings is 2. The van der Waals surface area contributed by atoms with Gasteiger partial charge in [0.25, 0.3) is 0 Å². The van der Waals surface area contributed by atoms with Gasteiger partial charge in [-0.25, -0.2) is 0 Å². The van der Waals surface area contributed by atoms with E-state index in [4.69, 9.17) is 4.74 Å². The Labute approximate surface area is 163 Å². The average molecular weight is 365 g/mol. The summed E-state index contributed by atoms with van der Waals surface area (Å²) in [6, 6.07) is 20.9. The molecule has 2 aromatic rings. The first kappa shape index (κ1) is 18.5. The highest BCUT2D eigenvalue weighted by Crippen LogP contribution is 2.30. The van der Waals surface area contributed by atoms with Gasteiger partial charge in [-0.3, -0.25) is 9.80 Å². The fourth-order valence-corrected chi connectivity index (χ4v) is 4.84. The van der Waals surface area contributed by atoms with E-state index >= 15 is 0 Å². The Morgan fingerprint density at radius 2 is 1.67 bits per heavy atom. The van der Waals surface area contributed by atoms with Crippen LogP contribution in [0.2, 0.25) is 0 Å². The van der Waals surface area contributed by atoms with E-state index in [0.717, 1.165) is 18.2 Å². The zero-order valence-corrected chi connectivity index (χ0v) is 16.5. The van der Waals surface area contributed by atoms with Crippen LogP contribution in [0.15, 0.2) is 54.6 Å². The Bertz CT molecular complexity index is 703. The highest BCUT2D eigenvalue weighted by atomic mass is 16.5.